The van der Waals surface area contributed by atoms with Gasteiger partial charge in [-0.05, 0) is 31.0 Å². The van der Waals surface area contributed by atoms with Crippen molar-refractivity contribution in [1.29, 1.82) is 0 Å². The van der Waals surface area contributed by atoms with Crippen LogP contribution in [0.15, 0.2) is 21.5 Å². The lowest BCUT2D eigenvalue weighted by Gasteiger charge is -2.12. The van der Waals surface area contributed by atoms with Crippen molar-refractivity contribution in [3.05, 3.63) is 22.2 Å². The Morgan fingerprint density at radius 3 is 2.67 bits per heavy atom. The molecule has 0 bridgehead atoms. The Morgan fingerprint density at radius 2 is 2.11 bits per heavy atom. The van der Waals surface area contributed by atoms with Gasteiger partial charge in [-0.25, -0.2) is 13.1 Å². The van der Waals surface area contributed by atoms with Gasteiger partial charge in [0.05, 0.1) is 7.11 Å². The zero-order valence-electron chi connectivity index (χ0n) is 10.2. The fraction of sp³-hybridized carbons (Fsp3) is 0.455. The van der Waals surface area contributed by atoms with Gasteiger partial charge in [0.25, 0.3) is 0 Å². The van der Waals surface area contributed by atoms with E-state index in [4.69, 9.17) is 9.84 Å². The molecule has 0 aliphatic rings. The number of methoxy groups -OCH3 is 1. The van der Waals surface area contributed by atoms with Crippen LogP contribution in [-0.4, -0.2) is 33.8 Å². The maximum Gasteiger partial charge on any atom is 0.244 e. The van der Waals surface area contributed by atoms with E-state index in [1.165, 1.54) is 13.2 Å². The van der Waals surface area contributed by atoms with Crippen LogP contribution in [0.2, 0.25) is 0 Å². The van der Waals surface area contributed by atoms with E-state index >= 15 is 0 Å². The van der Waals surface area contributed by atoms with E-state index in [2.05, 4.69) is 20.7 Å². The molecule has 0 atom stereocenters. The van der Waals surface area contributed by atoms with Gasteiger partial charge < -0.3 is 9.84 Å². The zero-order chi connectivity index (χ0) is 13.8. The van der Waals surface area contributed by atoms with Crippen LogP contribution in [-0.2, 0) is 10.0 Å². The maximum atomic E-state index is 12.1. The van der Waals surface area contributed by atoms with Crippen LogP contribution in [0.25, 0.3) is 0 Å². The number of sulfonamides is 1. The minimum absolute atomic E-state index is 0.0583. The number of rotatable bonds is 6. The third-order valence-corrected chi connectivity index (χ3v) is 4.70. The molecular weight excluding hydrogens is 322 g/mol. The van der Waals surface area contributed by atoms with Crippen molar-refractivity contribution in [2.45, 2.75) is 18.2 Å². The predicted molar refractivity (Wildman–Crippen MR) is 72.3 cm³/mol. The van der Waals surface area contributed by atoms with Crippen LogP contribution in [0.5, 0.6) is 5.75 Å². The molecule has 1 rings (SSSR count). The Labute approximate surface area is 115 Å². The highest BCUT2D eigenvalue weighted by Gasteiger charge is 2.20. The Balaban J connectivity index is 3.11. The number of halogens is 1. The molecular formula is C11H16BrNO4S. The normalized spacial score (nSPS) is 11.6. The lowest BCUT2D eigenvalue weighted by atomic mass is 10.2. The van der Waals surface area contributed by atoms with Crippen LogP contribution in [0.3, 0.4) is 0 Å². The van der Waals surface area contributed by atoms with Crippen molar-refractivity contribution in [1.82, 2.24) is 4.72 Å². The first-order chi connectivity index (χ1) is 8.42. The summed E-state index contributed by atoms with van der Waals surface area (Å²) in [6, 6.07) is 3.17. The SMILES string of the molecule is COc1cc(C)c(Br)cc1S(=O)(=O)NCCCO. The van der Waals surface area contributed by atoms with Gasteiger partial charge in [0.15, 0.2) is 0 Å². The fourth-order valence-electron chi connectivity index (χ4n) is 1.37. The van der Waals surface area contributed by atoms with Gasteiger partial charge >= 0.3 is 0 Å². The number of aliphatic hydroxyl groups excluding tert-OH is 1. The third-order valence-electron chi connectivity index (χ3n) is 2.36. The Kier molecular flexibility index (Phi) is 5.58. The van der Waals surface area contributed by atoms with E-state index in [0.717, 1.165) is 5.56 Å². The first-order valence-corrected chi connectivity index (χ1v) is 7.64. The number of hydrogen-bond acceptors (Lipinski definition) is 4. The third kappa shape index (κ3) is 3.68. The maximum absolute atomic E-state index is 12.1. The molecule has 0 radical (unpaired) electrons. The minimum atomic E-state index is -3.63. The number of nitrogens with one attached hydrogen (secondary N) is 1. The highest BCUT2D eigenvalue weighted by molar-refractivity contribution is 9.10. The summed E-state index contributed by atoms with van der Waals surface area (Å²) in [5.74, 6) is 0.298. The van der Waals surface area contributed by atoms with Crippen LogP contribution < -0.4 is 9.46 Å². The molecule has 0 saturated carbocycles. The summed E-state index contributed by atoms with van der Waals surface area (Å²) in [4.78, 5) is 0.0837. The molecule has 0 spiro atoms. The van der Waals surface area contributed by atoms with E-state index in [0.29, 0.717) is 16.6 Å². The lowest BCUT2D eigenvalue weighted by Crippen LogP contribution is -2.25. The van der Waals surface area contributed by atoms with E-state index in [-0.39, 0.29) is 18.0 Å². The fourth-order valence-corrected chi connectivity index (χ4v) is 3.11. The average Bonchev–Trinajstić information content (AvgIpc) is 2.32. The molecule has 1 aromatic rings. The summed E-state index contributed by atoms with van der Waals surface area (Å²) >= 11 is 3.30. The minimum Gasteiger partial charge on any atom is -0.495 e. The van der Waals surface area contributed by atoms with E-state index in [1.54, 1.807) is 6.07 Å². The van der Waals surface area contributed by atoms with E-state index < -0.39 is 10.0 Å². The van der Waals surface area contributed by atoms with Gasteiger partial charge in [-0.2, -0.15) is 0 Å². The molecule has 1 aromatic carbocycles. The lowest BCUT2D eigenvalue weighted by molar-refractivity contribution is 0.289. The number of aryl methyl sites for hydroxylation is 1. The van der Waals surface area contributed by atoms with Crippen molar-refractivity contribution in [3.63, 3.8) is 0 Å². The first kappa shape index (κ1) is 15.4. The molecule has 18 heavy (non-hydrogen) atoms. The van der Waals surface area contributed by atoms with Gasteiger partial charge in [0, 0.05) is 17.6 Å². The topological polar surface area (TPSA) is 75.6 Å². The van der Waals surface area contributed by atoms with Crippen LogP contribution >= 0.6 is 15.9 Å². The predicted octanol–water partition coefficient (Wildman–Crippen LogP) is 1.43. The van der Waals surface area contributed by atoms with Gasteiger partial charge in [-0.3, -0.25) is 0 Å². The quantitative estimate of drug-likeness (QED) is 0.770. The van der Waals surface area contributed by atoms with Crippen LogP contribution in [0, 0.1) is 6.92 Å². The molecule has 0 heterocycles. The monoisotopic (exact) mass is 337 g/mol. The number of benzene rings is 1. The summed E-state index contributed by atoms with van der Waals surface area (Å²) in [5.41, 5.74) is 0.890. The second-order valence-corrected chi connectivity index (χ2v) is 6.32. The van der Waals surface area contributed by atoms with Gasteiger partial charge in [-0.15, -0.1) is 0 Å². The summed E-state index contributed by atoms with van der Waals surface area (Å²) in [6.45, 7) is 1.98. The zero-order valence-corrected chi connectivity index (χ0v) is 12.6. The Bertz CT molecular complexity index is 516. The highest BCUT2D eigenvalue weighted by atomic mass is 79.9. The molecule has 5 nitrogen and oxygen atoms in total. The highest BCUT2D eigenvalue weighted by Crippen LogP contribution is 2.30. The summed E-state index contributed by atoms with van der Waals surface area (Å²) in [7, 11) is -2.20. The number of aliphatic hydroxyl groups is 1. The van der Waals surface area contributed by atoms with Gasteiger partial charge in [0.1, 0.15) is 10.6 Å². The number of ether oxygens (including phenoxy) is 1. The Morgan fingerprint density at radius 1 is 1.44 bits per heavy atom. The smallest absolute Gasteiger partial charge is 0.244 e. The molecule has 2 N–H and O–H groups in total. The molecule has 102 valence electrons. The van der Waals surface area contributed by atoms with Gasteiger partial charge in [-0.1, -0.05) is 15.9 Å². The van der Waals surface area contributed by atoms with E-state index in [1.807, 2.05) is 6.92 Å². The molecule has 0 aromatic heterocycles. The molecule has 0 unspecified atom stereocenters. The number of hydrogen-bond donors (Lipinski definition) is 2. The molecule has 0 fully saturated rings. The second kappa shape index (κ2) is 6.51. The average molecular weight is 338 g/mol. The largest absolute Gasteiger partial charge is 0.495 e. The van der Waals surface area contributed by atoms with Crippen LogP contribution in [0.1, 0.15) is 12.0 Å². The molecule has 0 aliphatic heterocycles. The molecule has 0 saturated heterocycles. The van der Waals surface area contributed by atoms with Crippen molar-refractivity contribution in [2.75, 3.05) is 20.3 Å². The van der Waals surface area contributed by atoms with Crippen molar-refractivity contribution in [2.24, 2.45) is 0 Å². The first-order valence-electron chi connectivity index (χ1n) is 5.37. The van der Waals surface area contributed by atoms with Crippen molar-refractivity contribution >= 4 is 26.0 Å². The molecule has 7 heteroatoms. The van der Waals surface area contributed by atoms with Crippen molar-refractivity contribution in [3.8, 4) is 5.75 Å². The van der Waals surface area contributed by atoms with Crippen LogP contribution in [0.4, 0.5) is 0 Å². The second-order valence-electron chi connectivity index (χ2n) is 3.73. The summed E-state index contributed by atoms with van der Waals surface area (Å²) < 4.78 is 32.3. The molecule has 0 aliphatic carbocycles. The summed E-state index contributed by atoms with van der Waals surface area (Å²) in [6.07, 6.45) is 0.370. The van der Waals surface area contributed by atoms with E-state index in [9.17, 15) is 8.42 Å². The Hall–Kier alpha value is -0.630. The van der Waals surface area contributed by atoms with Crippen molar-refractivity contribution < 1.29 is 18.3 Å². The standard InChI is InChI=1S/C11H16BrNO4S/c1-8-6-10(17-2)11(7-9(8)12)18(15,16)13-4-3-5-14/h6-7,13-14H,3-5H2,1-2H3. The summed E-state index contributed by atoms with van der Waals surface area (Å²) in [5, 5.41) is 8.65. The van der Waals surface area contributed by atoms with Gasteiger partial charge in [0.2, 0.25) is 10.0 Å². The molecule has 0 amide bonds.